The minimum Gasteiger partial charge on any atom is -0.454 e. The first-order valence-corrected chi connectivity index (χ1v) is 29.4. The molecule has 8 unspecified atom stereocenters. The number of carbonyl (C=O) groups is 2. The second-order valence-corrected chi connectivity index (χ2v) is 20.0. The smallest absolute Gasteiger partial charge is 0.306 e. The van der Waals surface area contributed by atoms with Gasteiger partial charge >= 0.3 is 5.97 Å². The van der Waals surface area contributed by atoms with Crippen LogP contribution in [0.4, 0.5) is 0 Å². The monoisotopic (exact) mass is 1030 g/mol. The molecule has 1 aliphatic heterocycles. The highest BCUT2D eigenvalue weighted by atomic mass is 16.7. The van der Waals surface area contributed by atoms with Gasteiger partial charge < -0.3 is 45.1 Å². The number of rotatable bonds is 48. The molecule has 1 aliphatic rings. The lowest BCUT2D eigenvalue weighted by molar-refractivity contribution is -0.305. The van der Waals surface area contributed by atoms with Gasteiger partial charge in [-0.1, -0.05) is 221 Å². The Bertz CT molecular complexity index is 1510. The Hall–Kier alpha value is -3.16. The summed E-state index contributed by atoms with van der Waals surface area (Å²) in [6, 6.07) is -1.06. The van der Waals surface area contributed by atoms with Crippen LogP contribution in [-0.2, 0) is 23.8 Å². The van der Waals surface area contributed by atoms with Crippen LogP contribution in [0.5, 0.6) is 0 Å². The van der Waals surface area contributed by atoms with Crippen LogP contribution in [0, 0.1) is 0 Å². The Kier molecular flexibility index (Phi) is 46.2. The number of allylic oxidation sites excluding steroid dienone is 13. The lowest BCUT2D eigenvalue weighted by Crippen LogP contribution is -2.61. The fourth-order valence-electron chi connectivity index (χ4n) is 8.62. The van der Waals surface area contributed by atoms with E-state index in [-0.39, 0.29) is 19.4 Å². The van der Waals surface area contributed by atoms with Crippen LogP contribution in [0.2, 0.25) is 0 Å². The number of aliphatic hydroxyl groups is 5. The number of hydrogen-bond acceptors (Lipinski definition) is 10. The number of unbranched alkanes of at least 4 members (excludes halogenated alkanes) is 22. The maximum atomic E-state index is 13.4. The summed E-state index contributed by atoms with van der Waals surface area (Å²) in [5.41, 5.74) is 0. The molecule has 1 rings (SSSR count). The van der Waals surface area contributed by atoms with E-state index in [1.807, 2.05) is 18.2 Å². The average Bonchev–Trinajstić information content (AvgIpc) is 3.39. The largest absolute Gasteiger partial charge is 0.454 e. The molecule has 0 aromatic rings. The first-order valence-electron chi connectivity index (χ1n) is 29.4. The van der Waals surface area contributed by atoms with E-state index in [4.69, 9.17) is 14.2 Å². The summed E-state index contributed by atoms with van der Waals surface area (Å²) < 4.78 is 17.6. The van der Waals surface area contributed by atoms with Crippen LogP contribution in [0.15, 0.2) is 85.1 Å². The van der Waals surface area contributed by atoms with Crippen LogP contribution in [0.1, 0.15) is 233 Å². The second-order valence-electron chi connectivity index (χ2n) is 20.0. The van der Waals surface area contributed by atoms with Gasteiger partial charge in [-0.15, -0.1) is 0 Å². The maximum absolute atomic E-state index is 13.4. The molecule has 6 N–H and O–H groups in total. The standard InChI is InChI=1S/C62H107NO10/c1-4-7-10-13-16-19-22-25-27-29-31-34-37-40-43-46-49-55(66)61(70)63-53(54(65)48-45-42-39-36-33-30-24-21-18-15-12-9-6-3)52-71-62-60(59(69)58(68)56(51-64)72-62)73-57(67)50-47-44-41-38-35-32-28-26-23-20-17-14-11-8-5-2/h7,10,16,19-20,23,25,27,31,34,40,43,45,48,53-56,58-60,62,64-66,68-69H,4-6,8-9,11-15,17-18,21-22,24,26,28-30,32-33,35-39,41-42,44,46-47,49-52H2,1-3H3,(H,63,70)/b10-7-,19-16-,23-20-,27-25-,34-31-,43-40-,48-45+. The molecule has 1 saturated heterocycles. The van der Waals surface area contributed by atoms with E-state index in [2.05, 4.69) is 86.8 Å². The van der Waals surface area contributed by atoms with Gasteiger partial charge in [0.15, 0.2) is 12.4 Å². The first-order chi connectivity index (χ1) is 35.7. The lowest BCUT2D eigenvalue weighted by atomic mass is 9.99. The van der Waals surface area contributed by atoms with Crippen LogP contribution in [-0.4, -0.2) is 99.6 Å². The molecule has 420 valence electrons. The molecule has 1 amide bonds. The van der Waals surface area contributed by atoms with E-state index in [9.17, 15) is 35.1 Å². The van der Waals surface area contributed by atoms with Crippen molar-refractivity contribution >= 4 is 11.9 Å². The van der Waals surface area contributed by atoms with Crippen molar-refractivity contribution in [3.63, 3.8) is 0 Å². The average molecular weight is 1030 g/mol. The third-order valence-electron chi connectivity index (χ3n) is 13.3. The van der Waals surface area contributed by atoms with Gasteiger partial charge in [-0.3, -0.25) is 9.59 Å². The fraction of sp³-hybridized carbons (Fsp3) is 0.742. The zero-order valence-electron chi connectivity index (χ0n) is 46.2. The van der Waals surface area contributed by atoms with E-state index in [0.29, 0.717) is 12.8 Å². The molecular formula is C62H107NO10. The van der Waals surface area contributed by atoms with Crippen LogP contribution in [0.25, 0.3) is 0 Å². The van der Waals surface area contributed by atoms with Crippen molar-refractivity contribution in [2.45, 2.75) is 282 Å². The van der Waals surface area contributed by atoms with Gasteiger partial charge in [-0.2, -0.15) is 0 Å². The molecule has 73 heavy (non-hydrogen) atoms. The van der Waals surface area contributed by atoms with Crippen molar-refractivity contribution in [1.29, 1.82) is 0 Å². The highest BCUT2D eigenvalue weighted by Gasteiger charge is 2.47. The summed E-state index contributed by atoms with van der Waals surface area (Å²) in [7, 11) is 0. The highest BCUT2D eigenvalue weighted by Crippen LogP contribution is 2.26. The molecule has 1 heterocycles. The van der Waals surface area contributed by atoms with E-state index in [1.54, 1.807) is 6.08 Å². The van der Waals surface area contributed by atoms with E-state index in [0.717, 1.165) is 89.9 Å². The summed E-state index contributed by atoms with van der Waals surface area (Å²) in [5, 5.41) is 56.8. The fourth-order valence-corrected chi connectivity index (χ4v) is 8.62. The molecular weight excluding hydrogens is 919 g/mol. The molecule has 1 fully saturated rings. The van der Waals surface area contributed by atoms with Crippen molar-refractivity contribution < 1.29 is 49.3 Å². The number of hydrogen-bond donors (Lipinski definition) is 6. The Morgan fingerprint density at radius 1 is 0.548 bits per heavy atom. The van der Waals surface area contributed by atoms with E-state index < -0.39 is 67.4 Å². The third kappa shape index (κ3) is 38.1. The SMILES string of the molecule is CC/C=C\C/C=C\C/C=C\C/C=C\C/C=C\CCC(O)C(=O)NC(COC1OC(CO)C(O)C(O)C1OC(=O)CCCCCCCCC/C=C\CCCCCC)C(O)/C=C/CCCCCCCCCCCCC. The molecule has 0 bridgehead atoms. The normalized spacial score (nSPS) is 20.0. The molecule has 11 heteroatoms. The Morgan fingerprint density at radius 2 is 0.986 bits per heavy atom. The van der Waals surface area contributed by atoms with E-state index >= 15 is 0 Å². The van der Waals surface area contributed by atoms with Gasteiger partial charge in [-0.25, -0.2) is 0 Å². The molecule has 8 atom stereocenters. The number of ether oxygens (including phenoxy) is 3. The van der Waals surface area contributed by atoms with Crippen LogP contribution in [0.3, 0.4) is 0 Å². The van der Waals surface area contributed by atoms with Crippen molar-refractivity contribution in [1.82, 2.24) is 5.32 Å². The molecule has 0 radical (unpaired) electrons. The predicted octanol–water partition coefficient (Wildman–Crippen LogP) is 13.4. The Labute approximate surface area is 444 Å². The minimum atomic E-state index is -1.63. The number of amides is 1. The minimum absolute atomic E-state index is 0.108. The Morgan fingerprint density at radius 3 is 1.49 bits per heavy atom. The summed E-state index contributed by atoms with van der Waals surface area (Å²) in [6.45, 7) is 5.61. The van der Waals surface area contributed by atoms with Crippen molar-refractivity contribution in [3.05, 3.63) is 85.1 Å². The van der Waals surface area contributed by atoms with Gasteiger partial charge in [0, 0.05) is 6.42 Å². The lowest BCUT2D eigenvalue weighted by Gasteiger charge is -2.41. The van der Waals surface area contributed by atoms with Gasteiger partial charge in [0.1, 0.15) is 24.4 Å². The van der Waals surface area contributed by atoms with Gasteiger partial charge in [0.25, 0.3) is 0 Å². The molecule has 0 aromatic carbocycles. The number of esters is 1. The number of nitrogens with one attached hydrogen (secondary N) is 1. The molecule has 0 saturated carbocycles. The number of carbonyl (C=O) groups excluding carboxylic acids is 2. The summed E-state index contributed by atoms with van der Waals surface area (Å²) in [6.07, 6.45) is 53.4. The first kappa shape index (κ1) is 67.9. The van der Waals surface area contributed by atoms with Crippen molar-refractivity contribution in [2.24, 2.45) is 0 Å². The Balaban J connectivity index is 2.78. The van der Waals surface area contributed by atoms with Gasteiger partial charge in [0.05, 0.1) is 25.4 Å². The maximum Gasteiger partial charge on any atom is 0.306 e. The zero-order valence-corrected chi connectivity index (χ0v) is 46.2. The summed E-state index contributed by atoms with van der Waals surface area (Å²) >= 11 is 0. The molecule has 0 aliphatic carbocycles. The predicted molar refractivity (Wildman–Crippen MR) is 301 cm³/mol. The number of aliphatic hydroxyl groups excluding tert-OH is 5. The molecule has 0 spiro atoms. The topological polar surface area (TPSA) is 175 Å². The van der Waals surface area contributed by atoms with E-state index in [1.165, 1.54) is 96.3 Å². The van der Waals surface area contributed by atoms with Gasteiger partial charge in [0.2, 0.25) is 5.91 Å². The molecule has 11 nitrogen and oxygen atoms in total. The summed E-state index contributed by atoms with van der Waals surface area (Å²) in [5.74, 6) is -1.26. The van der Waals surface area contributed by atoms with Gasteiger partial charge in [-0.05, 0) is 89.9 Å². The quantitative estimate of drug-likeness (QED) is 0.0195. The highest BCUT2D eigenvalue weighted by molar-refractivity contribution is 5.80. The molecule has 0 aromatic heterocycles. The zero-order chi connectivity index (χ0) is 53.3. The van der Waals surface area contributed by atoms with Crippen molar-refractivity contribution in [3.8, 4) is 0 Å². The van der Waals surface area contributed by atoms with Crippen molar-refractivity contribution in [2.75, 3.05) is 13.2 Å². The summed E-state index contributed by atoms with van der Waals surface area (Å²) in [4.78, 5) is 26.5. The van der Waals surface area contributed by atoms with Crippen LogP contribution >= 0.6 is 0 Å². The second kappa shape index (κ2) is 49.7. The van der Waals surface area contributed by atoms with Crippen LogP contribution < -0.4 is 5.32 Å². The third-order valence-corrected chi connectivity index (χ3v) is 13.3.